The van der Waals surface area contributed by atoms with Crippen LogP contribution in [-0.2, 0) is 9.53 Å². The molecule has 2 amide bonds. The van der Waals surface area contributed by atoms with E-state index < -0.39 is 11.9 Å². The van der Waals surface area contributed by atoms with Crippen molar-refractivity contribution in [2.24, 2.45) is 11.8 Å². The number of rotatable bonds is 5. The quantitative estimate of drug-likeness (QED) is 0.721. The Morgan fingerprint density at radius 1 is 1.24 bits per heavy atom. The predicted octanol–water partition coefficient (Wildman–Crippen LogP) is 1.74. The molecule has 0 bridgehead atoms. The fraction of sp³-hybridized carbons (Fsp3) is 0.867. The maximum absolute atomic E-state index is 12.0. The first-order chi connectivity index (χ1) is 10.1. The topological polar surface area (TPSA) is 87.7 Å². The summed E-state index contributed by atoms with van der Waals surface area (Å²) in [6.45, 7) is 3.44. The van der Waals surface area contributed by atoms with Gasteiger partial charge in [0.2, 0.25) is 0 Å². The molecule has 4 unspecified atom stereocenters. The fourth-order valence-electron chi connectivity index (χ4n) is 3.42. The van der Waals surface area contributed by atoms with Crippen LogP contribution in [0.2, 0.25) is 0 Å². The number of carbonyl (C=O) groups is 2. The highest BCUT2D eigenvalue weighted by Crippen LogP contribution is 2.25. The largest absolute Gasteiger partial charge is 0.481 e. The summed E-state index contributed by atoms with van der Waals surface area (Å²) >= 11 is 0. The highest BCUT2D eigenvalue weighted by atomic mass is 16.5. The van der Waals surface area contributed by atoms with Gasteiger partial charge in [-0.15, -0.1) is 0 Å². The number of carboxylic acid groups (broad SMARTS) is 1. The summed E-state index contributed by atoms with van der Waals surface area (Å²) < 4.78 is 5.60. The standard InChI is InChI=1S/C15H26N2O4/c1-2-13-10(7-8-21-13)9-16-15(20)17-12-6-4-3-5-11(12)14(18)19/h10-13H,2-9H2,1H3,(H,18,19)(H2,16,17,20). The number of nitrogens with one attached hydrogen (secondary N) is 2. The molecular formula is C15H26N2O4. The Hall–Kier alpha value is -1.30. The second kappa shape index (κ2) is 7.64. The first kappa shape index (κ1) is 16.1. The highest BCUT2D eigenvalue weighted by Gasteiger charge is 2.32. The summed E-state index contributed by atoms with van der Waals surface area (Å²) in [6, 6.07) is -0.507. The van der Waals surface area contributed by atoms with E-state index in [9.17, 15) is 14.7 Å². The zero-order chi connectivity index (χ0) is 15.2. The Bertz CT molecular complexity index is 375. The Labute approximate surface area is 125 Å². The van der Waals surface area contributed by atoms with Crippen molar-refractivity contribution in [3.8, 4) is 0 Å². The van der Waals surface area contributed by atoms with Crippen LogP contribution in [0, 0.1) is 11.8 Å². The summed E-state index contributed by atoms with van der Waals surface area (Å²) in [6.07, 6.45) is 5.45. The molecule has 4 atom stereocenters. The average molecular weight is 298 g/mol. The van der Waals surface area contributed by atoms with Crippen LogP contribution < -0.4 is 10.6 Å². The van der Waals surface area contributed by atoms with Crippen LogP contribution in [0.25, 0.3) is 0 Å². The molecule has 1 aliphatic heterocycles. The molecule has 0 spiro atoms. The molecular weight excluding hydrogens is 272 g/mol. The van der Waals surface area contributed by atoms with Gasteiger partial charge in [0.25, 0.3) is 0 Å². The Morgan fingerprint density at radius 2 is 2.00 bits per heavy atom. The molecule has 0 aromatic carbocycles. The molecule has 2 rings (SSSR count). The number of hydrogen-bond acceptors (Lipinski definition) is 3. The molecule has 120 valence electrons. The van der Waals surface area contributed by atoms with Gasteiger partial charge in [0, 0.05) is 25.1 Å². The normalized spacial score (nSPS) is 32.6. The molecule has 0 radical (unpaired) electrons. The summed E-state index contributed by atoms with van der Waals surface area (Å²) in [5.74, 6) is -0.902. The van der Waals surface area contributed by atoms with Gasteiger partial charge in [-0.2, -0.15) is 0 Å². The van der Waals surface area contributed by atoms with Crippen LogP contribution in [0.4, 0.5) is 4.79 Å². The summed E-state index contributed by atoms with van der Waals surface area (Å²) in [5.41, 5.74) is 0. The Balaban J connectivity index is 1.76. The minimum Gasteiger partial charge on any atom is -0.481 e. The molecule has 21 heavy (non-hydrogen) atoms. The van der Waals surface area contributed by atoms with Crippen molar-refractivity contribution in [1.29, 1.82) is 0 Å². The van der Waals surface area contributed by atoms with E-state index in [1.807, 2.05) is 0 Å². The second-order valence-corrected chi connectivity index (χ2v) is 6.06. The number of ether oxygens (including phenoxy) is 1. The van der Waals surface area contributed by atoms with Crippen LogP contribution in [0.3, 0.4) is 0 Å². The van der Waals surface area contributed by atoms with E-state index >= 15 is 0 Å². The first-order valence-corrected chi connectivity index (χ1v) is 8.00. The van der Waals surface area contributed by atoms with E-state index in [1.54, 1.807) is 0 Å². The van der Waals surface area contributed by atoms with Gasteiger partial charge in [0.15, 0.2) is 0 Å². The molecule has 0 aromatic heterocycles. The van der Waals surface area contributed by atoms with E-state index in [2.05, 4.69) is 17.6 Å². The van der Waals surface area contributed by atoms with Crippen molar-refractivity contribution in [2.75, 3.05) is 13.2 Å². The lowest BCUT2D eigenvalue weighted by Crippen LogP contribution is -2.49. The summed E-state index contributed by atoms with van der Waals surface area (Å²) in [4.78, 5) is 23.2. The third kappa shape index (κ3) is 4.33. The molecule has 6 nitrogen and oxygen atoms in total. The van der Waals surface area contributed by atoms with Crippen LogP contribution in [-0.4, -0.2) is 42.4 Å². The van der Waals surface area contributed by atoms with Gasteiger partial charge >= 0.3 is 12.0 Å². The van der Waals surface area contributed by atoms with Crippen molar-refractivity contribution in [1.82, 2.24) is 10.6 Å². The fourth-order valence-corrected chi connectivity index (χ4v) is 3.42. The van der Waals surface area contributed by atoms with E-state index in [4.69, 9.17) is 4.74 Å². The number of hydrogen-bond donors (Lipinski definition) is 3. The number of carboxylic acids is 1. The minimum atomic E-state index is -0.810. The van der Waals surface area contributed by atoms with Gasteiger partial charge in [0.1, 0.15) is 0 Å². The molecule has 1 saturated carbocycles. The molecule has 1 heterocycles. The summed E-state index contributed by atoms with van der Waals surface area (Å²) in [5, 5.41) is 14.9. The smallest absolute Gasteiger partial charge is 0.315 e. The second-order valence-electron chi connectivity index (χ2n) is 6.06. The maximum Gasteiger partial charge on any atom is 0.315 e. The first-order valence-electron chi connectivity index (χ1n) is 8.00. The number of urea groups is 1. The summed E-state index contributed by atoms with van der Waals surface area (Å²) in [7, 11) is 0. The zero-order valence-electron chi connectivity index (χ0n) is 12.6. The SMILES string of the molecule is CCC1OCCC1CNC(=O)NC1CCCCC1C(=O)O. The van der Waals surface area contributed by atoms with E-state index in [0.29, 0.717) is 18.9 Å². The van der Waals surface area contributed by atoms with Crippen LogP contribution in [0.15, 0.2) is 0 Å². The lowest BCUT2D eigenvalue weighted by molar-refractivity contribution is -0.143. The van der Waals surface area contributed by atoms with E-state index in [0.717, 1.165) is 38.7 Å². The predicted molar refractivity (Wildman–Crippen MR) is 78.1 cm³/mol. The van der Waals surface area contributed by atoms with Gasteiger partial charge in [-0.3, -0.25) is 4.79 Å². The van der Waals surface area contributed by atoms with Crippen LogP contribution in [0.1, 0.15) is 45.4 Å². The third-order valence-electron chi connectivity index (χ3n) is 4.67. The number of amides is 2. The van der Waals surface area contributed by atoms with Crippen molar-refractivity contribution in [3.63, 3.8) is 0 Å². The van der Waals surface area contributed by atoms with Gasteiger partial charge in [0.05, 0.1) is 12.0 Å². The van der Waals surface area contributed by atoms with Crippen molar-refractivity contribution < 1.29 is 19.4 Å². The lowest BCUT2D eigenvalue weighted by atomic mass is 9.84. The van der Waals surface area contributed by atoms with Gasteiger partial charge in [-0.1, -0.05) is 19.8 Å². The lowest BCUT2D eigenvalue weighted by Gasteiger charge is -2.29. The van der Waals surface area contributed by atoms with Gasteiger partial charge < -0.3 is 20.5 Å². The van der Waals surface area contributed by atoms with E-state index in [1.165, 1.54) is 0 Å². The third-order valence-corrected chi connectivity index (χ3v) is 4.67. The van der Waals surface area contributed by atoms with Crippen molar-refractivity contribution in [2.45, 2.75) is 57.6 Å². The van der Waals surface area contributed by atoms with Crippen molar-refractivity contribution in [3.05, 3.63) is 0 Å². The van der Waals surface area contributed by atoms with Crippen LogP contribution in [0.5, 0.6) is 0 Å². The molecule has 6 heteroatoms. The molecule has 2 aliphatic rings. The minimum absolute atomic E-state index is 0.228. The monoisotopic (exact) mass is 298 g/mol. The van der Waals surface area contributed by atoms with E-state index in [-0.39, 0.29) is 18.2 Å². The molecule has 3 N–H and O–H groups in total. The van der Waals surface area contributed by atoms with Gasteiger partial charge in [-0.05, 0) is 25.7 Å². The van der Waals surface area contributed by atoms with Gasteiger partial charge in [-0.25, -0.2) is 4.79 Å². The highest BCUT2D eigenvalue weighted by molar-refractivity contribution is 5.76. The molecule has 1 saturated heterocycles. The number of aliphatic carboxylic acids is 1. The van der Waals surface area contributed by atoms with Crippen molar-refractivity contribution >= 4 is 12.0 Å². The maximum atomic E-state index is 12.0. The number of carbonyl (C=O) groups excluding carboxylic acids is 1. The molecule has 2 fully saturated rings. The average Bonchev–Trinajstić information content (AvgIpc) is 2.93. The molecule has 1 aliphatic carbocycles. The zero-order valence-corrected chi connectivity index (χ0v) is 12.6. The molecule has 0 aromatic rings. The van der Waals surface area contributed by atoms with Crippen LogP contribution >= 0.6 is 0 Å². The Morgan fingerprint density at radius 3 is 2.71 bits per heavy atom. The Kier molecular flexibility index (Phi) is 5.85.